The highest BCUT2D eigenvalue weighted by Crippen LogP contribution is 2.49. The van der Waals surface area contributed by atoms with Crippen molar-refractivity contribution in [2.75, 3.05) is 132 Å². The number of hydrogen-bond donors (Lipinski definition) is 4. The fourth-order valence-electron chi connectivity index (χ4n) is 11.2. The topological polar surface area (TPSA) is 195 Å². The third-order valence-corrected chi connectivity index (χ3v) is 17.5. The number of likely N-dealkylation sites (N-methyl/N-ethyl adjacent to an activating group) is 1. The van der Waals surface area contributed by atoms with Crippen LogP contribution >= 0.6 is 12.0 Å². The van der Waals surface area contributed by atoms with Crippen molar-refractivity contribution < 1.29 is 55.5 Å². The summed E-state index contributed by atoms with van der Waals surface area (Å²) < 4.78 is 49.5. The zero-order valence-electron chi connectivity index (χ0n) is 49.9. The summed E-state index contributed by atoms with van der Waals surface area (Å²) in [4.78, 5) is 39.3. The quantitative estimate of drug-likeness (QED) is 0.00733. The third kappa shape index (κ3) is 21.1. The summed E-state index contributed by atoms with van der Waals surface area (Å²) in [6, 6.07) is 13.8. The van der Waals surface area contributed by atoms with Crippen molar-refractivity contribution in [2.45, 2.75) is 145 Å². The fraction of sp³-hybridized carbons (Fsp3) is 0.667. The Hall–Kier alpha value is -4.31. The zero-order chi connectivity index (χ0) is 58.2. The second kappa shape index (κ2) is 32.5. The molecule has 20 heteroatoms. The van der Waals surface area contributed by atoms with Gasteiger partial charge in [0.1, 0.15) is 19.6 Å². The lowest BCUT2D eigenvalue weighted by Crippen LogP contribution is -2.52. The monoisotopic (exact) mass is 1150 g/mol. The molecule has 3 aliphatic rings. The predicted octanol–water partition coefficient (Wildman–Crippen LogP) is 9.35. The highest BCUT2D eigenvalue weighted by molar-refractivity contribution is 7.94. The molecule has 0 aromatic heterocycles. The van der Waals surface area contributed by atoms with Gasteiger partial charge in [0.15, 0.2) is 5.71 Å². The SMILES string of the molecule is CN(C)CCCNC(=O)CCCCC[N+]1=C(/C=C/C=C2\N(CCCCCC(=O)NCCC[N+](C)(C)CCCCCCN=C=NCCC[N+]3(C)CCOCC3)c3ccc(S(=O)(=O)O)cc3C2(C)C)C(C)(C)c2cc(SOOO)ccc21. The Labute approximate surface area is 483 Å². The fourth-order valence-corrected chi connectivity index (χ4v) is 12.1. The second-order valence-corrected chi connectivity index (χ2v) is 26.4. The van der Waals surface area contributed by atoms with E-state index in [4.69, 9.17) is 14.3 Å². The number of morpholine rings is 1. The van der Waals surface area contributed by atoms with Gasteiger partial charge in [0.05, 0.1) is 88.9 Å². The summed E-state index contributed by atoms with van der Waals surface area (Å²) in [6.07, 6.45) is 19.7. The summed E-state index contributed by atoms with van der Waals surface area (Å²) in [5.74, 6) is 0.157. The molecule has 0 saturated carbocycles. The molecule has 80 heavy (non-hydrogen) atoms. The van der Waals surface area contributed by atoms with E-state index in [2.05, 4.69) is 125 Å². The molecule has 1 fully saturated rings. The average Bonchev–Trinajstić information content (AvgIpc) is 3.83. The number of fused-ring (bicyclic) bond motifs is 2. The maximum atomic E-state index is 13.0. The van der Waals surface area contributed by atoms with Gasteiger partial charge in [0.25, 0.3) is 10.1 Å². The number of unbranched alkanes of at least 4 members (excludes halogenated alkanes) is 7. The highest BCUT2D eigenvalue weighted by Gasteiger charge is 2.45. The van der Waals surface area contributed by atoms with Crippen LogP contribution in [0.25, 0.3) is 0 Å². The number of nitrogens with one attached hydrogen (secondary N) is 2. The van der Waals surface area contributed by atoms with Crippen molar-refractivity contribution in [1.29, 1.82) is 0 Å². The minimum atomic E-state index is -4.44. The molecule has 4 N–H and O–H groups in total. The largest absolute Gasteiger partial charge is 0.370 e. The van der Waals surface area contributed by atoms with Gasteiger partial charge in [-0.2, -0.15) is 13.0 Å². The van der Waals surface area contributed by atoms with Gasteiger partial charge in [0, 0.05) is 97.7 Å². The van der Waals surface area contributed by atoms with Gasteiger partial charge in [-0.25, -0.2) is 15.2 Å². The molecule has 0 unspecified atom stereocenters. The zero-order valence-corrected chi connectivity index (χ0v) is 51.5. The summed E-state index contributed by atoms with van der Waals surface area (Å²) in [6.45, 7) is 20.8. The van der Waals surface area contributed by atoms with Crippen molar-refractivity contribution in [3.8, 4) is 0 Å². The average molecular weight is 1150 g/mol. The molecular weight excluding hydrogens is 1050 g/mol. The first-order valence-corrected chi connectivity index (χ1v) is 31.5. The van der Waals surface area contributed by atoms with E-state index >= 15 is 0 Å². The molecule has 1 saturated heterocycles. The summed E-state index contributed by atoms with van der Waals surface area (Å²) in [7, 11) is 6.46. The number of rotatable bonds is 37. The van der Waals surface area contributed by atoms with Gasteiger partial charge in [-0.15, -0.1) is 4.33 Å². The van der Waals surface area contributed by atoms with E-state index in [1.165, 1.54) is 12.5 Å². The van der Waals surface area contributed by atoms with E-state index in [0.717, 1.165) is 209 Å². The molecule has 0 bridgehead atoms. The molecular formula is C60H98N9O9S2+3. The first kappa shape index (κ1) is 66.5. The van der Waals surface area contributed by atoms with E-state index in [0.29, 0.717) is 32.5 Å². The smallest absolute Gasteiger partial charge is 0.294 e. The standard InChI is InChI=1S/C60H95N9O9S2/c1-59(2)51-46-49(79-78-77-72)28-30-53(51)66(37-17-12-14-26-57(70)63-34-21-36-65(5)6)55(59)24-20-25-56-60(3,4)52-47-50(80(73,74)75)29-31-54(52)67(56)38-18-13-15-27-58(71)64-35-23-40-68(7,8)39-19-11-10-16-32-61-48-62-33-22-41-69(9)42-44-76-45-43-69/h20,24-25,28-31,46-47H,10-19,21-23,26-27,32-45H2,1-9H3,(H-3,63,64,70,71,72,73,74,75)/p+3. The van der Waals surface area contributed by atoms with E-state index in [1.807, 2.05) is 20.2 Å². The Morgan fingerprint density at radius 3 is 2.19 bits per heavy atom. The molecule has 0 aliphatic carbocycles. The Kier molecular flexibility index (Phi) is 27.0. The second-order valence-electron chi connectivity index (χ2n) is 24.2. The molecule has 3 heterocycles. The summed E-state index contributed by atoms with van der Waals surface area (Å²) in [5.41, 5.74) is 4.90. The summed E-state index contributed by atoms with van der Waals surface area (Å²) in [5, 5.41) is 19.0. The van der Waals surface area contributed by atoms with Crippen molar-refractivity contribution in [3.63, 3.8) is 0 Å². The minimum Gasteiger partial charge on any atom is -0.370 e. The molecule has 446 valence electrons. The van der Waals surface area contributed by atoms with Crippen molar-refractivity contribution in [2.24, 2.45) is 9.98 Å². The lowest BCUT2D eigenvalue weighted by atomic mass is 9.81. The van der Waals surface area contributed by atoms with Crippen molar-refractivity contribution in [1.82, 2.24) is 15.5 Å². The van der Waals surface area contributed by atoms with Gasteiger partial charge in [-0.1, -0.05) is 37.8 Å². The number of allylic oxidation sites excluding steroid dienone is 4. The van der Waals surface area contributed by atoms with E-state index in [1.54, 1.807) is 12.1 Å². The van der Waals surface area contributed by atoms with E-state index in [9.17, 15) is 22.6 Å². The van der Waals surface area contributed by atoms with Gasteiger partial charge in [-0.3, -0.25) is 14.1 Å². The van der Waals surface area contributed by atoms with E-state index in [-0.39, 0.29) is 16.7 Å². The predicted molar refractivity (Wildman–Crippen MR) is 321 cm³/mol. The van der Waals surface area contributed by atoms with Crippen LogP contribution in [0.1, 0.15) is 135 Å². The molecule has 3 aliphatic heterocycles. The number of nitrogens with zero attached hydrogens (tertiary/aromatic N) is 7. The molecule has 2 aromatic carbocycles. The highest BCUT2D eigenvalue weighted by atomic mass is 32.2. The molecule has 0 atom stereocenters. The summed E-state index contributed by atoms with van der Waals surface area (Å²) >= 11 is 0.925. The lowest BCUT2D eigenvalue weighted by molar-refractivity contribution is -0.916. The maximum absolute atomic E-state index is 13.0. The lowest BCUT2D eigenvalue weighted by Gasteiger charge is -2.37. The van der Waals surface area contributed by atoms with Crippen molar-refractivity contribution >= 4 is 57.1 Å². The number of anilines is 1. The van der Waals surface area contributed by atoms with Crippen molar-refractivity contribution in [3.05, 3.63) is 71.5 Å². The van der Waals surface area contributed by atoms with Crippen LogP contribution in [-0.2, 0) is 44.6 Å². The van der Waals surface area contributed by atoms with Crippen LogP contribution in [0.3, 0.4) is 0 Å². The molecule has 2 aromatic rings. The van der Waals surface area contributed by atoms with Crippen LogP contribution in [0, 0.1) is 0 Å². The number of quaternary nitrogens is 2. The van der Waals surface area contributed by atoms with Crippen LogP contribution in [-0.4, -0.2) is 187 Å². The first-order valence-electron chi connectivity index (χ1n) is 29.3. The molecule has 0 radical (unpaired) electrons. The van der Waals surface area contributed by atoms with E-state index < -0.39 is 20.9 Å². The van der Waals surface area contributed by atoms with Gasteiger partial charge < -0.3 is 34.1 Å². The molecule has 5 rings (SSSR count). The first-order chi connectivity index (χ1) is 38.1. The normalized spacial score (nSPS) is 17.1. The van der Waals surface area contributed by atoms with Crippen LogP contribution in [0.5, 0.6) is 0 Å². The molecule has 18 nitrogen and oxygen atoms in total. The molecule has 2 amide bonds. The minimum absolute atomic E-state index is 0.0720. The van der Waals surface area contributed by atoms with Crippen LogP contribution in [0.2, 0.25) is 0 Å². The number of aliphatic imine (C=N–C) groups is 2. The number of carbonyl (C=O) groups is 2. The van der Waals surface area contributed by atoms with Crippen LogP contribution in [0.15, 0.2) is 80.1 Å². The number of hydrogen-bond acceptors (Lipinski definition) is 13. The number of benzene rings is 2. The third-order valence-electron chi connectivity index (χ3n) is 16.1. The number of ether oxygens (including phenoxy) is 1. The van der Waals surface area contributed by atoms with Gasteiger partial charge >= 0.3 is 0 Å². The number of carbonyl (C=O) groups excluding carboxylic acids is 2. The van der Waals surface area contributed by atoms with Crippen LogP contribution in [0.4, 0.5) is 11.4 Å². The van der Waals surface area contributed by atoms with Crippen LogP contribution < -0.4 is 15.5 Å². The van der Waals surface area contributed by atoms with Gasteiger partial charge in [0.2, 0.25) is 17.5 Å². The molecule has 0 spiro atoms. The maximum Gasteiger partial charge on any atom is 0.294 e. The Bertz CT molecular complexity index is 2590. The number of amides is 2. The Morgan fingerprint density at radius 1 is 0.850 bits per heavy atom. The Balaban J connectivity index is 1.11. The Morgan fingerprint density at radius 2 is 1.50 bits per heavy atom. The van der Waals surface area contributed by atoms with Gasteiger partial charge in [-0.05, 0) is 128 Å².